The van der Waals surface area contributed by atoms with E-state index in [1.54, 1.807) is 47.3 Å². The molecule has 0 radical (unpaired) electrons. The Morgan fingerprint density at radius 2 is 2.00 bits per heavy atom. The Morgan fingerprint density at radius 1 is 1.12 bits per heavy atom. The van der Waals surface area contributed by atoms with Gasteiger partial charge in [-0.3, -0.25) is 4.79 Å². The van der Waals surface area contributed by atoms with Gasteiger partial charge in [-0.2, -0.15) is 5.10 Å². The Kier molecular flexibility index (Phi) is 3.87. The summed E-state index contributed by atoms with van der Waals surface area (Å²) in [5, 5.41) is 7.44. The Morgan fingerprint density at radius 3 is 2.84 bits per heavy atom. The monoisotopic (exact) mass is 349 g/mol. The van der Waals surface area contributed by atoms with Gasteiger partial charge in [0.05, 0.1) is 22.4 Å². The van der Waals surface area contributed by atoms with Gasteiger partial charge >= 0.3 is 0 Å². The largest absolute Gasteiger partial charge is 0.305 e. The first-order chi connectivity index (χ1) is 12.2. The molecule has 4 rings (SSSR count). The molecule has 0 spiro atoms. The van der Waals surface area contributed by atoms with E-state index in [4.69, 9.17) is 11.6 Å². The predicted octanol–water partition coefficient (Wildman–Crippen LogP) is 3.72. The van der Waals surface area contributed by atoms with E-state index >= 15 is 0 Å². The van der Waals surface area contributed by atoms with Gasteiger partial charge in [0.1, 0.15) is 5.52 Å². The molecule has 1 amide bonds. The van der Waals surface area contributed by atoms with Crippen molar-refractivity contribution in [1.82, 2.24) is 19.7 Å². The van der Waals surface area contributed by atoms with Gasteiger partial charge in [0.2, 0.25) is 0 Å². The molecule has 0 aliphatic rings. The zero-order chi connectivity index (χ0) is 17.2. The summed E-state index contributed by atoms with van der Waals surface area (Å²) in [4.78, 5) is 21.1. The summed E-state index contributed by atoms with van der Waals surface area (Å²) in [7, 11) is 0. The van der Waals surface area contributed by atoms with Crippen molar-refractivity contribution in [2.75, 3.05) is 5.32 Å². The highest BCUT2D eigenvalue weighted by Crippen LogP contribution is 2.21. The maximum absolute atomic E-state index is 12.5. The third-order valence-electron chi connectivity index (χ3n) is 3.64. The minimum Gasteiger partial charge on any atom is -0.305 e. The van der Waals surface area contributed by atoms with Crippen LogP contribution in [0.25, 0.3) is 16.7 Å². The average Bonchev–Trinajstić information content (AvgIpc) is 3.17. The fourth-order valence-corrected chi connectivity index (χ4v) is 2.68. The van der Waals surface area contributed by atoms with Crippen LogP contribution in [0.3, 0.4) is 0 Å². The van der Waals surface area contributed by atoms with Crippen LogP contribution in [0.5, 0.6) is 0 Å². The van der Waals surface area contributed by atoms with Crippen molar-refractivity contribution in [3.05, 3.63) is 77.7 Å². The third-order valence-corrected chi connectivity index (χ3v) is 3.95. The molecular formula is C18H12ClN5O. The first kappa shape index (κ1) is 15.3. The van der Waals surface area contributed by atoms with Gasteiger partial charge < -0.3 is 5.32 Å². The number of hydrogen-bond acceptors (Lipinski definition) is 4. The van der Waals surface area contributed by atoms with Gasteiger partial charge in [0.25, 0.3) is 5.91 Å². The Labute approximate surface area is 148 Å². The molecule has 6 nitrogen and oxygen atoms in total. The van der Waals surface area contributed by atoms with Crippen LogP contribution < -0.4 is 5.32 Å². The van der Waals surface area contributed by atoms with E-state index in [9.17, 15) is 4.79 Å². The normalized spacial score (nSPS) is 10.8. The second-order valence-corrected chi connectivity index (χ2v) is 5.73. The van der Waals surface area contributed by atoms with E-state index in [-0.39, 0.29) is 5.91 Å². The number of para-hydroxylation sites is 1. The molecule has 0 aliphatic carbocycles. The predicted molar refractivity (Wildman–Crippen MR) is 96.1 cm³/mol. The molecule has 122 valence electrons. The van der Waals surface area contributed by atoms with Crippen LogP contribution in [0.4, 0.5) is 5.82 Å². The van der Waals surface area contributed by atoms with Crippen LogP contribution in [-0.2, 0) is 0 Å². The number of hydrogen-bond donors (Lipinski definition) is 1. The van der Waals surface area contributed by atoms with Gasteiger partial charge in [-0.15, -0.1) is 0 Å². The lowest BCUT2D eigenvalue weighted by molar-refractivity contribution is 0.102. The van der Waals surface area contributed by atoms with Crippen LogP contribution in [0.2, 0.25) is 5.02 Å². The number of halogens is 1. The number of rotatable bonds is 3. The number of fused-ring (bicyclic) bond motifs is 1. The quantitative estimate of drug-likeness (QED) is 0.611. The molecular weight excluding hydrogens is 338 g/mol. The number of benzene rings is 2. The number of anilines is 1. The molecule has 0 bridgehead atoms. The van der Waals surface area contributed by atoms with E-state index < -0.39 is 0 Å². The molecule has 7 heteroatoms. The summed E-state index contributed by atoms with van der Waals surface area (Å²) in [5.74, 6) is 0.0916. The molecule has 0 aliphatic heterocycles. The maximum Gasteiger partial charge on any atom is 0.256 e. The van der Waals surface area contributed by atoms with Gasteiger partial charge in [0.15, 0.2) is 5.82 Å². The van der Waals surface area contributed by atoms with Gasteiger partial charge in [0, 0.05) is 18.0 Å². The van der Waals surface area contributed by atoms with Crippen molar-refractivity contribution < 1.29 is 4.79 Å². The lowest BCUT2D eigenvalue weighted by atomic mass is 10.2. The van der Waals surface area contributed by atoms with E-state index in [1.165, 1.54) is 6.20 Å². The molecule has 0 unspecified atom stereocenters. The van der Waals surface area contributed by atoms with E-state index in [1.807, 2.05) is 18.3 Å². The SMILES string of the molecule is O=C(Nc1cnc2c(Cl)cccc2n1)c1cccc(-n2cccn2)c1. The number of nitrogens with zero attached hydrogens (tertiary/aromatic N) is 4. The average molecular weight is 350 g/mol. The van der Waals surface area contributed by atoms with Crippen LogP contribution in [-0.4, -0.2) is 25.7 Å². The van der Waals surface area contributed by atoms with Crippen LogP contribution in [0.1, 0.15) is 10.4 Å². The van der Waals surface area contributed by atoms with Crippen molar-refractivity contribution in [1.29, 1.82) is 0 Å². The highest BCUT2D eigenvalue weighted by molar-refractivity contribution is 6.34. The van der Waals surface area contributed by atoms with Gasteiger partial charge in [-0.1, -0.05) is 23.7 Å². The minimum atomic E-state index is -0.273. The minimum absolute atomic E-state index is 0.273. The Bertz CT molecular complexity index is 1060. The number of nitrogens with one attached hydrogen (secondary N) is 1. The molecule has 0 saturated carbocycles. The van der Waals surface area contributed by atoms with Gasteiger partial charge in [-0.05, 0) is 36.4 Å². The second kappa shape index (κ2) is 6.33. The van der Waals surface area contributed by atoms with E-state index in [2.05, 4.69) is 20.4 Å². The molecule has 1 N–H and O–H groups in total. The van der Waals surface area contributed by atoms with Crippen LogP contribution in [0.15, 0.2) is 67.1 Å². The summed E-state index contributed by atoms with van der Waals surface area (Å²) in [6.07, 6.45) is 4.99. The molecule has 0 saturated heterocycles. The fraction of sp³-hybridized carbons (Fsp3) is 0. The number of carbonyl (C=O) groups is 1. The molecule has 2 heterocycles. The summed E-state index contributed by atoms with van der Waals surface area (Å²) in [6, 6.07) is 14.3. The zero-order valence-electron chi connectivity index (χ0n) is 12.9. The first-order valence-corrected chi connectivity index (χ1v) is 7.91. The highest BCUT2D eigenvalue weighted by Gasteiger charge is 2.10. The number of aromatic nitrogens is 4. The fourth-order valence-electron chi connectivity index (χ4n) is 2.47. The number of carbonyl (C=O) groups excluding carboxylic acids is 1. The topological polar surface area (TPSA) is 72.7 Å². The summed E-state index contributed by atoms with van der Waals surface area (Å²) in [6.45, 7) is 0. The van der Waals surface area contributed by atoms with Crippen molar-refractivity contribution in [3.8, 4) is 5.69 Å². The lowest BCUT2D eigenvalue weighted by Gasteiger charge is -2.07. The molecule has 2 aromatic heterocycles. The van der Waals surface area contributed by atoms with Crippen LogP contribution >= 0.6 is 11.6 Å². The standard InChI is InChI=1S/C18H12ClN5O/c19-14-6-2-7-15-17(14)20-11-16(22-15)23-18(25)12-4-1-5-13(10-12)24-9-3-8-21-24/h1-11H,(H,22,23,25). The van der Waals surface area contributed by atoms with E-state index in [0.717, 1.165) is 5.69 Å². The van der Waals surface area contributed by atoms with Crippen molar-refractivity contribution >= 4 is 34.4 Å². The summed E-state index contributed by atoms with van der Waals surface area (Å²) >= 11 is 6.08. The lowest BCUT2D eigenvalue weighted by Crippen LogP contribution is -2.13. The second-order valence-electron chi connectivity index (χ2n) is 5.32. The Balaban J connectivity index is 1.61. The first-order valence-electron chi connectivity index (χ1n) is 7.53. The molecule has 2 aromatic carbocycles. The van der Waals surface area contributed by atoms with Gasteiger partial charge in [-0.25, -0.2) is 14.6 Å². The molecule has 0 fully saturated rings. The van der Waals surface area contributed by atoms with Crippen molar-refractivity contribution in [3.63, 3.8) is 0 Å². The molecule has 25 heavy (non-hydrogen) atoms. The Hall–Kier alpha value is -3.25. The molecule has 4 aromatic rings. The van der Waals surface area contributed by atoms with E-state index in [0.29, 0.717) is 27.4 Å². The molecule has 0 atom stereocenters. The zero-order valence-corrected chi connectivity index (χ0v) is 13.7. The smallest absolute Gasteiger partial charge is 0.256 e. The van der Waals surface area contributed by atoms with Crippen molar-refractivity contribution in [2.45, 2.75) is 0 Å². The third kappa shape index (κ3) is 3.07. The summed E-state index contributed by atoms with van der Waals surface area (Å²) in [5.41, 5.74) is 2.52. The highest BCUT2D eigenvalue weighted by atomic mass is 35.5. The maximum atomic E-state index is 12.5. The van der Waals surface area contributed by atoms with Crippen molar-refractivity contribution in [2.24, 2.45) is 0 Å². The number of amides is 1. The van der Waals surface area contributed by atoms with Crippen LogP contribution in [0, 0.1) is 0 Å². The summed E-state index contributed by atoms with van der Waals surface area (Å²) < 4.78 is 1.69.